The molecule has 4 aromatic rings. The number of hydrogen-bond acceptors (Lipinski definition) is 4. The van der Waals surface area contributed by atoms with E-state index in [9.17, 15) is 4.79 Å². The third-order valence-corrected chi connectivity index (χ3v) is 5.47. The number of hydrogen-bond donors (Lipinski definition) is 2. The number of carbonyl (C=O) groups is 1. The summed E-state index contributed by atoms with van der Waals surface area (Å²) in [5.41, 5.74) is 5.08. The van der Waals surface area contributed by atoms with Crippen LogP contribution in [0.4, 0.5) is 5.69 Å². The molecule has 5 nitrogen and oxygen atoms in total. The maximum atomic E-state index is 13.2. The summed E-state index contributed by atoms with van der Waals surface area (Å²) in [6.45, 7) is 0.735. The highest BCUT2D eigenvalue weighted by Crippen LogP contribution is 2.22. The maximum Gasteiger partial charge on any atom is 0.241 e. The molecule has 0 aliphatic carbocycles. The van der Waals surface area contributed by atoms with Crippen LogP contribution < -0.4 is 10.6 Å². The van der Waals surface area contributed by atoms with Gasteiger partial charge in [0, 0.05) is 30.0 Å². The molecule has 0 saturated heterocycles. The van der Waals surface area contributed by atoms with Crippen LogP contribution in [0.1, 0.15) is 17.7 Å². The SMILES string of the molecule is O=C(Nc1cccc(-c2ccncc2)c1)[C@H](Cc1ccccc1)NCCCc1ccccn1. The number of aromatic nitrogens is 2. The average Bonchev–Trinajstić information content (AvgIpc) is 2.88. The molecule has 2 heterocycles. The minimum atomic E-state index is -0.333. The second-order valence-electron chi connectivity index (χ2n) is 7.93. The summed E-state index contributed by atoms with van der Waals surface area (Å²) in [6, 6.07) is 27.6. The van der Waals surface area contributed by atoms with Crippen molar-refractivity contribution in [1.82, 2.24) is 15.3 Å². The number of carbonyl (C=O) groups excluding carboxylic acids is 1. The van der Waals surface area contributed by atoms with Crippen LogP contribution >= 0.6 is 0 Å². The molecular weight excluding hydrogens is 408 g/mol. The summed E-state index contributed by atoms with van der Waals surface area (Å²) < 4.78 is 0. The Bertz CT molecular complexity index is 1130. The van der Waals surface area contributed by atoms with Crippen LogP contribution in [0.15, 0.2) is 104 Å². The fourth-order valence-corrected chi connectivity index (χ4v) is 3.75. The van der Waals surface area contributed by atoms with Crippen molar-refractivity contribution in [2.75, 3.05) is 11.9 Å². The molecule has 0 unspecified atom stereocenters. The van der Waals surface area contributed by atoms with E-state index in [-0.39, 0.29) is 11.9 Å². The van der Waals surface area contributed by atoms with Gasteiger partial charge in [0.1, 0.15) is 0 Å². The lowest BCUT2D eigenvalue weighted by Gasteiger charge is -2.19. The van der Waals surface area contributed by atoms with E-state index in [1.165, 1.54) is 0 Å². The topological polar surface area (TPSA) is 66.9 Å². The zero-order valence-corrected chi connectivity index (χ0v) is 18.5. The molecule has 0 fully saturated rings. The minimum Gasteiger partial charge on any atom is -0.325 e. The van der Waals surface area contributed by atoms with E-state index in [0.29, 0.717) is 6.42 Å². The standard InChI is InChI=1S/C28H28N4O/c33-28(32-26-12-6-10-24(21-26)23-14-18-29-19-15-23)27(20-22-8-2-1-3-9-22)31-17-7-13-25-11-4-5-16-30-25/h1-6,8-12,14-16,18-19,21,27,31H,7,13,17,20H2,(H,32,33)/t27-/m0/s1. The third kappa shape index (κ3) is 6.82. The Hall–Kier alpha value is -3.83. The maximum absolute atomic E-state index is 13.2. The van der Waals surface area contributed by atoms with Gasteiger partial charge in [-0.3, -0.25) is 14.8 Å². The highest BCUT2D eigenvalue weighted by Gasteiger charge is 2.19. The van der Waals surface area contributed by atoms with E-state index >= 15 is 0 Å². The molecule has 5 heteroatoms. The van der Waals surface area contributed by atoms with Crippen LogP contribution in [0.2, 0.25) is 0 Å². The van der Waals surface area contributed by atoms with Gasteiger partial charge in [0.25, 0.3) is 0 Å². The lowest BCUT2D eigenvalue weighted by atomic mass is 10.0. The van der Waals surface area contributed by atoms with Crippen LogP contribution in [-0.2, 0) is 17.6 Å². The third-order valence-electron chi connectivity index (χ3n) is 5.47. The van der Waals surface area contributed by atoms with Gasteiger partial charge in [0.15, 0.2) is 0 Å². The fourth-order valence-electron chi connectivity index (χ4n) is 3.75. The van der Waals surface area contributed by atoms with Gasteiger partial charge in [-0.15, -0.1) is 0 Å². The van der Waals surface area contributed by atoms with Crippen LogP contribution in [0, 0.1) is 0 Å². The minimum absolute atomic E-state index is 0.0384. The largest absolute Gasteiger partial charge is 0.325 e. The zero-order valence-electron chi connectivity index (χ0n) is 18.5. The molecular formula is C28H28N4O. The number of pyridine rings is 2. The second kappa shape index (κ2) is 11.7. The van der Waals surface area contributed by atoms with E-state index in [0.717, 1.165) is 47.5 Å². The molecule has 4 rings (SSSR count). The fraction of sp³-hybridized carbons (Fsp3) is 0.179. The van der Waals surface area contributed by atoms with Crippen molar-refractivity contribution in [2.45, 2.75) is 25.3 Å². The van der Waals surface area contributed by atoms with E-state index in [1.54, 1.807) is 12.4 Å². The van der Waals surface area contributed by atoms with Gasteiger partial charge in [0.2, 0.25) is 5.91 Å². The van der Waals surface area contributed by atoms with Crippen LogP contribution in [-0.4, -0.2) is 28.5 Å². The quantitative estimate of drug-likeness (QED) is 0.347. The smallest absolute Gasteiger partial charge is 0.241 e. The van der Waals surface area contributed by atoms with E-state index in [4.69, 9.17) is 0 Å². The van der Waals surface area contributed by atoms with Gasteiger partial charge in [-0.05, 0) is 78.9 Å². The van der Waals surface area contributed by atoms with E-state index in [1.807, 2.05) is 79.0 Å². The molecule has 0 saturated carbocycles. The molecule has 0 spiro atoms. The van der Waals surface area contributed by atoms with Gasteiger partial charge in [-0.1, -0.05) is 48.5 Å². The van der Waals surface area contributed by atoms with E-state index in [2.05, 4.69) is 32.7 Å². The Balaban J connectivity index is 1.41. The molecule has 0 radical (unpaired) electrons. The van der Waals surface area contributed by atoms with Crippen molar-refractivity contribution in [3.05, 3.63) is 115 Å². The Labute approximate surface area is 194 Å². The van der Waals surface area contributed by atoms with Gasteiger partial charge < -0.3 is 10.6 Å². The predicted molar refractivity (Wildman–Crippen MR) is 133 cm³/mol. The molecule has 1 amide bonds. The number of rotatable bonds is 10. The first-order valence-electron chi connectivity index (χ1n) is 11.3. The van der Waals surface area contributed by atoms with Crippen molar-refractivity contribution >= 4 is 11.6 Å². The van der Waals surface area contributed by atoms with Gasteiger partial charge in [0.05, 0.1) is 6.04 Å². The molecule has 166 valence electrons. The molecule has 1 atom stereocenters. The lowest BCUT2D eigenvalue weighted by Crippen LogP contribution is -2.42. The summed E-state index contributed by atoms with van der Waals surface area (Å²) in [6.07, 6.45) is 7.76. The first-order valence-corrected chi connectivity index (χ1v) is 11.3. The van der Waals surface area contributed by atoms with Crippen molar-refractivity contribution in [3.8, 4) is 11.1 Å². The molecule has 0 bridgehead atoms. The van der Waals surface area contributed by atoms with Crippen LogP contribution in [0.25, 0.3) is 11.1 Å². The molecule has 2 N–H and O–H groups in total. The van der Waals surface area contributed by atoms with Crippen LogP contribution in [0.5, 0.6) is 0 Å². The molecule has 0 aliphatic rings. The van der Waals surface area contributed by atoms with Crippen molar-refractivity contribution in [2.24, 2.45) is 0 Å². The number of benzene rings is 2. The Kier molecular flexibility index (Phi) is 7.93. The lowest BCUT2D eigenvalue weighted by molar-refractivity contribution is -0.118. The summed E-state index contributed by atoms with van der Waals surface area (Å²) in [5.74, 6) is -0.0384. The van der Waals surface area contributed by atoms with E-state index < -0.39 is 0 Å². The first-order chi connectivity index (χ1) is 16.3. The molecule has 0 aliphatic heterocycles. The van der Waals surface area contributed by atoms with Crippen molar-refractivity contribution in [3.63, 3.8) is 0 Å². The monoisotopic (exact) mass is 436 g/mol. The Morgan fingerprint density at radius 3 is 2.42 bits per heavy atom. The predicted octanol–water partition coefficient (Wildman–Crippen LogP) is 4.92. The number of nitrogens with one attached hydrogen (secondary N) is 2. The number of amides is 1. The molecule has 2 aromatic heterocycles. The summed E-state index contributed by atoms with van der Waals surface area (Å²) in [5, 5.41) is 6.56. The van der Waals surface area contributed by atoms with Crippen molar-refractivity contribution < 1.29 is 4.79 Å². The Morgan fingerprint density at radius 1 is 0.818 bits per heavy atom. The molecule has 33 heavy (non-hydrogen) atoms. The number of anilines is 1. The van der Waals surface area contributed by atoms with Gasteiger partial charge >= 0.3 is 0 Å². The van der Waals surface area contributed by atoms with Gasteiger partial charge in [-0.2, -0.15) is 0 Å². The zero-order chi connectivity index (χ0) is 22.7. The highest BCUT2D eigenvalue weighted by molar-refractivity contribution is 5.95. The van der Waals surface area contributed by atoms with Crippen LogP contribution in [0.3, 0.4) is 0 Å². The summed E-state index contributed by atoms with van der Waals surface area (Å²) in [4.78, 5) is 21.7. The normalized spacial score (nSPS) is 11.6. The van der Waals surface area contributed by atoms with Crippen molar-refractivity contribution in [1.29, 1.82) is 0 Å². The summed E-state index contributed by atoms with van der Waals surface area (Å²) >= 11 is 0. The highest BCUT2D eigenvalue weighted by atomic mass is 16.2. The second-order valence-corrected chi connectivity index (χ2v) is 7.93. The number of aryl methyl sites for hydroxylation is 1. The average molecular weight is 437 g/mol. The number of nitrogens with zero attached hydrogens (tertiary/aromatic N) is 2. The Morgan fingerprint density at radius 2 is 1.64 bits per heavy atom. The summed E-state index contributed by atoms with van der Waals surface area (Å²) in [7, 11) is 0. The van der Waals surface area contributed by atoms with Gasteiger partial charge in [-0.25, -0.2) is 0 Å². The molecule has 2 aromatic carbocycles. The first kappa shape index (κ1) is 22.4.